The van der Waals surface area contributed by atoms with Crippen LogP contribution in [-0.4, -0.2) is 24.0 Å². The van der Waals surface area contributed by atoms with Gasteiger partial charge in [-0.15, -0.1) is 0 Å². The highest BCUT2D eigenvalue weighted by molar-refractivity contribution is 5.38. The van der Waals surface area contributed by atoms with E-state index in [-0.39, 0.29) is 0 Å². The maximum atomic E-state index is 2.70. The van der Waals surface area contributed by atoms with Crippen molar-refractivity contribution in [2.45, 2.75) is 39.2 Å². The molecule has 0 amide bonds. The Labute approximate surface area is 105 Å². The summed E-state index contributed by atoms with van der Waals surface area (Å²) in [6.07, 6.45) is 1.27. The van der Waals surface area contributed by atoms with Crippen LogP contribution in [0.4, 0.5) is 0 Å². The Kier molecular flexibility index (Phi) is 2.74. The molecule has 0 radical (unpaired) electrons. The number of hydrogen-bond acceptors (Lipinski definition) is 1. The molecule has 1 aromatic carbocycles. The maximum Gasteiger partial charge on any atom is 0.0207 e. The third-order valence-electron chi connectivity index (χ3n) is 4.54. The first kappa shape index (κ1) is 11.3. The van der Waals surface area contributed by atoms with Crippen LogP contribution in [-0.2, 0) is 6.42 Å². The molecule has 1 aliphatic carbocycles. The zero-order valence-corrected chi connectivity index (χ0v) is 11.2. The Bertz CT molecular complexity index is 404. The molecule has 0 bridgehead atoms. The number of benzene rings is 1. The summed E-state index contributed by atoms with van der Waals surface area (Å²) in [6.45, 7) is 9.73. The summed E-state index contributed by atoms with van der Waals surface area (Å²) >= 11 is 0. The van der Waals surface area contributed by atoms with E-state index in [1.165, 1.54) is 19.5 Å². The molecule has 17 heavy (non-hydrogen) atoms. The molecule has 1 aliphatic heterocycles. The molecule has 0 spiro atoms. The molecule has 2 aliphatic rings. The Morgan fingerprint density at radius 1 is 1.18 bits per heavy atom. The molecule has 0 aromatic heterocycles. The van der Waals surface area contributed by atoms with Crippen molar-refractivity contribution in [2.75, 3.05) is 13.1 Å². The van der Waals surface area contributed by atoms with Gasteiger partial charge in [-0.3, -0.25) is 4.90 Å². The van der Waals surface area contributed by atoms with Gasteiger partial charge in [-0.05, 0) is 29.4 Å². The van der Waals surface area contributed by atoms with Crippen molar-refractivity contribution in [1.82, 2.24) is 4.90 Å². The van der Waals surface area contributed by atoms with Crippen LogP contribution in [0.5, 0.6) is 0 Å². The van der Waals surface area contributed by atoms with E-state index < -0.39 is 0 Å². The summed E-state index contributed by atoms with van der Waals surface area (Å²) in [5.74, 6) is 2.41. The quantitative estimate of drug-likeness (QED) is 0.752. The maximum absolute atomic E-state index is 2.70. The minimum absolute atomic E-state index is 0.749. The first-order valence-electron chi connectivity index (χ1n) is 6.98. The van der Waals surface area contributed by atoms with Gasteiger partial charge in [0.15, 0.2) is 0 Å². The fraction of sp³-hybridized carbons (Fsp3) is 0.625. The van der Waals surface area contributed by atoms with E-state index in [1.807, 2.05) is 0 Å². The predicted octanol–water partition coefficient (Wildman–Crippen LogP) is 3.30. The van der Waals surface area contributed by atoms with Crippen molar-refractivity contribution in [3.8, 4) is 0 Å². The Morgan fingerprint density at radius 3 is 2.53 bits per heavy atom. The van der Waals surface area contributed by atoms with Crippen molar-refractivity contribution in [2.24, 2.45) is 11.8 Å². The van der Waals surface area contributed by atoms with Crippen molar-refractivity contribution < 1.29 is 0 Å². The first-order valence-corrected chi connectivity index (χ1v) is 6.98. The van der Waals surface area contributed by atoms with Gasteiger partial charge in [-0.1, -0.05) is 45.0 Å². The molecule has 1 fully saturated rings. The van der Waals surface area contributed by atoms with Gasteiger partial charge in [0.2, 0.25) is 0 Å². The molecule has 2 atom stereocenters. The fourth-order valence-electron chi connectivity index (χ4n) is 3.78. The topological polar surface area (TPSA) is 3.24 Å². The average Bonchev–Trinajstić information content (AvgIpc) is 2.63. The molecule has 1 heterocycles. The summed E-state index contributed by atoms with van der Waals surface area (Å²) in [7, 11) is 0. The van der Waals surface area contributed by atoms with Gasteiger partial charge < -0.3 is 0 Å². The third-order valence-corrected chi connectivity index (χ3v) is 4.54. The van der Waals surface area contributed by atoms with Crippen LogP contribution in [0.2, 0.25) is 0 Å². The van der Waals surface area contributed by atoms with Crippen molar-refractivity contribution in [3.05, 3.63) is 35.4 Å². The molecule has 92 valence electrons. The number of fused-ring (bicyclic) bond motifs is 1. The molecular weight excluding hydrogens is 206 g/mol. The molecule has 1 heteroatoms. The summed E-state index contributed by atoms with van der Waals surface area (Å²) in [5.41, 5.74) is 3.21. The van der Waals surface area contributed by atoms with E-state index in [2.05, 4.69) is 49.9 Å². The lowest BCUT2D eigenvalue weighted by atomic mass is 9.84. The van der Waals surface area contributed by atoms with Crippen LogP contribution < -0.4 is 0 Å². The largest absolute Gasteiger partial charge is 0.299 e. The molecule has 0 saturated carbocycles. The van der Waals surface area contributed by atoms with Gasteiger partial charge in [0, 0.05) is 25.0 Å². The Hall–Kier alpha value is -0.820. The van der Waals surface area contributed by atoms with Crippen LogP contribution in [0.1, 0.15) is 37.8 Å². The lowest BCUT2D eigenvalue weighted by Gasteiger charge is -2.45. The zero-order chi connectivity index (χ0) is 12.0. The highest BCUT2D eigenvalue weighted by atomic mass is 15.2. The predicted molar refractivity (Wildman–Crippen MR) is 72.3 cm³/mol. The van der Waals surface area contributed by atoms with Gasteiger partial charge in [0.05, 0.1) is 0 Å². The van der Waals surface area contributed by atoms with Crippen LogP contribution in [0.3, 0.4) is 0 Å². The summed E-state index contributed by atoms with van der Waals surface area (Å²) in [6, 6.07) is 9.84. The average molecular weight is 229 g/mol. The third kappa shape index (κ3) is 1.81. The van der Waals surface area contributed by atoms with E-state index in [1.54, 1.807) is 11.1 Å². The van der Waals surface area contributed by atoms with E-state index >= 15 is 0 Å². The molecule has 1 aromatic rings. The van der Waals surface area contributed by atoms with Crippen LogP contribution in [0, 0.1) is 11.8 Å². The second-order valence-corrected chi connectivity index (χ2v) is 6.30. The number of likely N-dealkylation sites (tertiary alicyclic amines) is 1. The molecule has 1 saturated heterocycles. The molecule has 3 rings (SSSR count). The summed E-state index contributed by atoms with van der Waals surface area (Å²) in [5, 5.41) is 0. The van der Waals surface area contributed by atoms with E-state index in [9.17, 15) is 0 Å². The van der Waals surface area contributed by atoms with Gasteiger partial charge in [0.25, 0.3) is 0 Å². The molecular formula is C16H23N. The van der Waals surface area contributed by atoms with E-state index in [0.717, 1.165) is 23.8 Å². The van der Waals surface area contributed by atoms with Crippen molar-refractivity contribution in [1.29, 1.82) is 0 Å². The van der Waals surface area contributed by atoms with Crippen LogP contribution >= 0.6 is 0 Å². The van der Waals surface area contributed by atoms with Crippen molar-refractivity contribution in [3.63, 3.8) is 0 Å². The van der Waals surface area contributed by atoms with E-state index in [4.69, 9.17) is 0 Å². The first-order chi connectivity index (χ1) is 8.16. The number of hydrogen-bond donors (Lipinski definition) is 0. The Morgan fingerprint density at radius 2 is 1.88 bits per heavy atom. The SMILES string of the molecule is CC1CN([C@@H]2Cc3ccccc3[C@H]2C(C)C)C1. The number of rotatable bonds is 2. The highest BCUT2D eigenvalue weighted by Gasteiger charge is 2.41. The zero-order valence-electron chi connectivity index (χ0n) is 11.2. The second-order valence-electron chi connectivity index (χ2n) is 6.30. The van der Waals surface area contributed by atoms with Gasteiger partial charge in [-0.2, -0.15) is 0 Å². The number of nitrogens with zero attached hydrogens (tertiary/aromatic N) is 1. The van der Waals surface area contributed by atoms with Crippen LogP contribution in [0.15, 0.2) is 24.3 Å². The normalized spacial score (nSPS) is 29.4. The monoisotopic (exact) mass is 229 g/mol. The van der Waals surface area contributed by atoms with Gasteiger partial charge in [-0.25, -0.2) is 0 Å². The molecule has 0 N–H and O–H groups in total. The van der Waals surface area contributed by atoms with Crippen molar-refractivity contribution >= 4 is 0 Å². The minimum Gasteiger partial charge on any atom is -0.299 e. The summed E-state index contributed by atoms with van der Waals surface area (Å²) < 4.78 is 0. The minimum atomic E-state index is 0.749. The lowest BCUT2D eigenvalue weighted by Crippen LogP contribution is -2.53. The smallest absolute Gasteiger partial charge is 0.0207 e. The summed E-state index contributed by atoms with van der Waals surface area (Å²) in [4.78, 5) is 2.70. The van der Waals surface area contributed by atoms with E-state index in [0.29, 0.717) is 0 Å². The van der Waals surface area contributed by atoms with Gasteiger partial charge >= 0.3 is 0 Å². The van der Waals surface area contributed by atoms with Gasteiger partial charge in [0.1, 0.15) is 0 Å². The van der Waals surface area contributed by atoms with Crippen LogP contribution in [0.25, 0.3) is 0 Å². The lowest BCUT2D eigenvalue weighted by molar-refractivity contribution is 0.0467. The molecule has 0 unspecified atom stereocenters. The molecule has 1 nitrogen and oxygen atoms in total. The second kappa shape index (κ2) is 4.13. The standard InChI is InChI=1S/C16H23N/c1-11(2)16-14-7-5-4-6-13(14)8-15(16)17-9-12(3)10-17/h4-7,11-12,15-16H,8-10H2,1-3H3/t15-,16-/m1/s1. The fourth-order valence-corrected chi connectivity index (χ4v) is 3.78. The highest BCUT2D eigenvalue weighted by Crippen LogP contribution is 2.42. The Balaban J connectivity index is 1.88.